The third-order valence-electron chi connectivity index (χ3n) is 2.30. The first-order chi connectivity index (χ1) is 4.25. The number of alkyl halides is 1. The first kappa shape index (κ1) is 7.40. The van der Waals surface area contributed by atoms with Crippen LogP contribution in [0, 0.1) is 11.8 Å². The molecule has 1 rings (SSSR count). The van der Waals surface area contributed by atoms with E-state index >= 15 is 0 Å². The van der Waals surface area contributed by atoms with Crippen molar-refractivity contribution in [2.24, 2.45) is 5.92 Å². The lowest BCUT2D eigenvalue weighted by Gasteiger charge is -2.14. The highest BCUT2D eigenvalue weighted by molar-refractivity contribution is 6.22. The van der Waals surface area contributed by atoms with E-state index in [1.807, 2.05) is 0 Å². The van der Waals surface area contributed by atoms with Crippen LogP contribution >= 0.6 is 11.6 Å². The van der Waals surface area contributed by atoms with Gasteiger partial charge in [0.1, 0.15) is 0 Å². The van der Waals surface area contributed by atoms with Crippen molar-refractivity contribution < 1.29 is 0 Å². The Labute approximate surface area is 62.6 Å². The fraction of sp³-hybridized carbons (Fsp3) is 0.875. The topological polar surface area (TPSA) is 0 Å². The zero-order valence-corrected chi connectivity index (χ0v) is 6.91. The van der Waals surface area contributed by atoms with Crippen molar-refractivity contribution in [3.05, 3.63) is 5.92 Å². The van der Waals surface area contributed by atoms with Gasteiger partial charge in [-0.15, -0.1) is 11.6 Å². The summed E-state index contributed by atoms with van der Waals surface area (Å²) in [4.78, 5) is 0. The molecule has 0 N–H and O–H groups in total. The Kier molecular flexibility index (Phi) is 2.40. The smallest absolute Gasteiger partial charge is 0.0400 e. The van der Waals surface area contributed by atoms with Gasteiger partial charge in [-0.25, -0.2) is 0 Å². The van der Waals surface area contributed by atoms with Crippen molar-refractivity contribution in [1.82, 2.24) is 0 Å². The molecule has 0 aliphatic heterocycles. The molecule has 1 heteroatoms. The first-order valence-corrected chi connectivity index (χ1v) is 4.19. The van der Waals surface area contributed by atoms with E-state index < -0.39 is 0 Å². The van der Waals surface area contributed by atoms with Gasteiger partial charge >= 0.3 is 0 Å². The van der Waals surface area contributed by atoms with Crippen molar-refractivity contribution in [1.29, 1.82) is 0 Å². The van der Waals surface area contributed by atoms with E-state index in [2.05, 4.69) is 13.8 Å². The normalized spacial score (nSPS) is 37.7. The van der Waals surface area contributed by atoms with Gasteiger partial charge in [-0.3, -0.25) is 0 Å². The molecule has 0 spiro atoms. The molecule has 2 atom stereocenters. The van der Waals surface area contributed by atoms with E-state index in [0.29, 0.717) is 5.38 Å². The second-order valence-corrected chi connectivity index (χ2v) is 3.40. The quantitative estimate of drug-likeness (QED) is 0.498. The summed E-state index contributed by atoms with van der Waals surface area (Å²) in [5.41, 5.74) is 0. The molecule has 1 fully saturated rings. The highest BCUT2D eigenvalue weighted by Gasteiger charge is 2.30. The molecule has 0 nitrogen and oxygen atoms in total. The molecule has 0 heterocycles. The molecule has 1 radical (unpaired) electrons. The lowest BCUT2D eigenvalue weighted by atomic mass is 9.96. The Morgan fingerprint density at radius 3 is 2.44 bits per heavy atom. The van der Waals surface area contributed by atoms with Gasteiger partial charge in [-0.2, -0.15) is 0 Å². The SMILES string of the molecule is CC[C]1C(C)CCC1Cl. The van der Waals surface area contributed by atoms with Crippen LogP contribution in [0.25, 0.3) is 0 Å². The van der Waals surface area contributed by atoms with Crippen LogP contribution in [-0.2, 0) is 0 Å². The van der Waals surface area contributed by atoms with Gasteiger partial charge < -0.3 is 0 Å². The Hall–Kier alpha value is 0.290. The predicted octanol–water partition coefficient (Wildman–Crippen LogP) is 3.01. The van der Waals surface area contributed by atoms with Gasteiger partial charge in [0.25, 0.3) is 0 Å². The molecule has 9 heavy (non-hydrogen) atoms. The summed E-state index contributed by atoms with van der Waals surface area (Å²) in [7, 11) is 0. The van der Waals surface area contributed by atoms with Crippen LogP contribution in [0.2, 0.25) is 0 Å². The van der Waals surface area contributed by atoms with Crippen LogP contribution in [0.1, 0.15) is 33.1 Å². The van der Waals surface area contributed by atoms with Crippen LogP contribution in [-0.4, -0.2) is 5.38 Å². The van der Waals surface area contributed by atoms with E-state index in [4.69, 9.17) is 11.6 Å². The fourth-order valence-electron chi connectivity index (χ4n) is 1.65. The molecule has 0 saturated heterocycles. The molecule has 0 aromatic heterocycles. The third-order valence-corrected chi connectivity index (χ3v) is 2.80. The average molecular weight is 146 g/mol. The largest absolute Gasteiger partial charge is 0.122 e. The minimum absolute atomic E-state index is 0.394. The second kappa shape index (κ2) is 2.92. The van der Waals surface area contributed by atoms with Gasteiger partial charge in [0.2, 0.25) is 0 Å². The maximum Gasteiger partial charge on any atom is 0.0400 e. The lowest BCUT2D eigenvalue weighted by Crippen LogP contribution is -2.08. The van der Waals surface area contributed by atoms with E-state index in [9.17, 15) is 0 Å². The summed E-state index contributed by atoms with van der Waals surface area (Å²) in [6, 6.07) is 0. The van der Waals surface area contributed by atoms with Crippen molar-refractivity contribution >= 4 is 11.6 Å². The van der Waals surface area contributed by atoms with Crippen LogP contribution in [0.5, 0.6) is 0 Å². The molecule has 0 aromatic rings. The molecule has 1 aliphatic rings. The summed E-state index contributed by atoms with van der Waals surface area (Å²) in [5.74, 6) is 2.36. The van der Waals surface area contributed by atoms with Crippen molar-refractivity contribution in [2.75, 3.05) is 0 Å². The molecule has 1 aliphatic carbocycles. The van der Waals surface area contributed by atoms with Gasteiger partial charge in [-0.1, -0.05) is 13.8 Å². The third kappa shape index (κ3) is 1.40. The molecule has 0 amide bonds. The summed E-state index contributed by atoms with van der Waals surface area (Å²) in [6.07, 6.45) is 3.68. The summed E-state index contributed by atoms with van der Waals surface area (Å²) < 4.78 is 0. The molecular formula is C8H14Cl. The number of hydrogen-bond donors (Lipinski definition) is 0. The van der Waals surface area contributed by atoms with E-state index in [0.717, 1.165) is 5.92 Å². The predicted molar refractivity (Wildman–Crippen MR) is 41.6 cm³/mol. The van der Waals surface area contributed by atoms with E-state index in [1.165, 1.54) is 19.3 Å². The van der Waals surface area contributed by atoms with Gasteiger partial charge in [0.05, 0.1) is 0 Å². The Morgan fingerprint density at radius 1 is 1.56 bits per heavy atom. The summed E-state index contributed by atoms with van der Waals surface area (Å²) in [6.45, 7) is 4.48. The molecule has 0 bridgehead atoms. The summed E-state index contributed by atoms with van der Waals surface area (Å²) >= 11 is 6.04. The zero-order valence-electron chi connectivity index (χ0n) is 6.15. The highest BCUT2D eigenvalue weighted by atomic mass is 35.5. The van der Waals surface area contributed by atoms with Crippen LogP contribution in [0.4, 0.5) is 0 Å². The Bertz CT molecular complexity index is 80.6. The lowest BCUT2D eigenvalue weighted by molar-refractivity contribution is 0.614. The number of rotatable bonds is 1. The number of halogens is 1. The molecule has 2 unspecified atom stereocenters. The maximum absolute atomic E-state index is 6.04. The van der Waals surface area contributed by atoms with Crippen molar-refractivity contribution in [3.8, 4) is 0 Å². The highest BCUT2D eigenvalue weighted by Crippen LogP contribution is 2.38. The summed E-state index contributed by atoms with van der Waals surface area (Å²) in [5, 5.41) is 0.394. The molecule has 53 valence electrons. The van der Waals surface area contributed by atoms with Crippen molar-refractivity contribution in [2.45, 2.75) is 38.5 Å². The van der Waals surface area contributed by atoms with E-state index in [1.54, 1.807) is 5.92 Å². The monoisotopic (exact) mass is 145 g/mol. The Morgan fingerprint density at radius 2 is 2.22 bits per heavy atom. The van der Waals surface area contributed by atoms with Crippen LogP contribution in [0.3, 0.4) is 0 Å². The fourth-order valence-corrected chi connectivity index (χ4v) is 2.14. The number of hydrogen-bond acceptors (Lipinski definition) is 0. The molecular weight excluding hydrogens is 132 g/mol. The van der Waals surface area contributed by atoms with E-state index in [-0.39, 0.29) is 0 Å². The minimum atomic E-state index is 0.394. The first-order valence-electron chi connectivity index (χ1n) is 3.75. The Balaban J connectivity index is 2.44. The van der Waals surface area contributed by atoms with Gasteiger partial charge in [-0.05, 0) is 31.1 Å². The second-order valence-electron chi connectivity index (χ2n) is 2.87. The van der Waals surface area contributed by atoms with Gasteiger partial charge in [0.15, 0.2) is 0 Å². The maximum atomic E-state index is 6.04. The van der Waals surface area contributed by atoms with Crippen LogP contribution < -0.4 is 0 Å². The van der Waals surface area contributed by atoms with Crippen molar-refractivity contribution in [3.63, 3.8) is 0 Å². The average Bonchev–Trinajstić information content (AvgIpc) is 2.12. The minimum Gasteiger partial charge on any atom is -0.122 e. The molecule has 1 saturated carbocycles. The zero-order chi connectivity index (χ0) is 6.85. The molecule has 0 aromatic carbocycles. The van der Waals surface area contributed by atoms with Crippen LogP contribution in [0.15, 0.2) is 0 Å². The standard InChI is InChI=1S/C8H14Cl/c1-3-7-6(2)4-5-8(7)9/h6,8H,3-5H2,1-2H3. The van der Waals surface area contributed by atoms with Gasteiger partial charge in [0, 0.05) is 5.38 Å².